The Hall–Kier alpha value is 0.674. The Morgan fingerprint density at radius 1 is 0.917 bits per heavy atom. The van der Waals surface area contributed by atoms with Crippen molar-refractivity contribution in [2.24, 2.45) is 17.8 Å². The molecule has 4 fully saturated rings. The third kappa shape index (κ3) is 1.06. The molecule has 0 saturated heterocycles. The molecule has 12 heavy (non-hydrogen) atoms. The van der Waals surface area contributed by atoms with Gasteiger partial charge < -0.3 is 0 Å². The van der Waals surface area contributed by atoms with Crippen LogP contribution in [-0.4, -0.2) is 5.54 Å². The Balaban J connectivity index is 1.90. The summed E-state index contributed by atoms with van der Waals surface area (Å²) in [5, 5.41) is 0. The average molecular weight is 198 g/mol. The molecule has 0 atom stereocenters. The van der Waals surface area contributed by atoms with Gasteiger partial charge in [0, 0.05) is 0 Å². The molecule has 4 aliphatic carbocycles. The fraction of sp³-hybridized carbons (Fsp3) is 1.00. The molecule has 0 radical (unpaired) electrons. The van der Waals surface area contributed by atoms with E-state index in [-0.39, 0.29) is 0 Å². The van der Waals surface area contributed by atoms with Crippen LogP contribution in [0.25, 0.3) is 0 Å². The summed E-state index contributed by atoms with van der Waals surface area (Å²) in [7, 11) is 0. The summed E-state index contributed by atoms with van der Waals surface area (Å²) in [6.45, 7) is 0. The van der Waals surface area contributed by atoms with Crippen molar-refractivity contribution >= 4 is 0 Å². The molecule has 4 saturated carbocycles. The van der Waals surface area contributed by atoms with Gasteiger partial charge in [-0.05, 0) is 0 Å². The molecule has 0 aliphatic heterocycles. The Morgan fingerprint density at radius 3 is 1.67 bits per heavy atom. The summed E-state index contributed by atoms with van der Waals surface area (Å²) in [5.41, 5.74) is 0.592. The summed E-state index contributed by atoms with van der Waals surface area (Å²) >= 11 is 2.17. The molecule has 2 heteroatoms. The Bertz CT molecular complexity index is 167. The van der Waals surface area contributed by atoms with Gasteiger partial charge in [0.25, 0.3) is 0 Å². The molecular formula is C10H16NTi. The van der Waals surface area contributed by atoms with Crippen LogP contribution in [0.1, 0.15) is 38.5 Å². The van der Waals surface area contributed by atoms with E-state index in [1.54, 1.807) is 19.3 Å². The van der Waals surface area contributed by atoms with Crippen molar-refractivity contribution in [3.8, 4) is 0 Å². The standard InChI is InChI=1S/C10H16N.Ti/c11-10-4-7-1-8(5-10)3-9(2-7)6-10;/h7-9,11H,1-6H2;/q-1;+1. The third-order valence-corrected chi connectivity index (χ3v) is 5.13. The molecule has 4 rings (SSSR count). The first-order chi connectivity index (χ1) is 5.80. The number of hydrogen-bond donors (Lipinski definition) is 1. The van der Waals surface area contributed by atoms with Crippen LogP contribution in [0.15, 0.2) is 0 Å². The van der Waals surface area contributed by atoms with Crippen LogP contribution < -0.4 is 3.80 Å². The van der Waals surface area contributed by atoms with Crippen LogP contribution in [0.5, 0.6) is 0 Å². The van der Waals surface area contributed by atoms with Crippen molar-refractivity contribution in [2.75, 3.05) is 0 Å². The summed E-state index contributed by atoms with van der Waals surface area (Å²) in [6, 6.07) is 0. The number of nitrogens with one attached hydrogen (secondary N) is 1. The first-order valence-corrected chi connectivity index (χ1v) is 6.02. The fourth-order valence-corrected chi connectivity index (χ4v) is 4.74. The predicted octanol–water partition coefficient (Wildman–Crippen LogP) is 2.01. The molecule has 65 valence electrons. The number of hydrogen-bond acceptors (Lipinski definition) is 1. The van der Waals surface area contributed by atoms with E-state index in [2.05, 4.69) is 24.5 Å². The summed E-state index contributed by atoms with van der Waals surface area (Å²) < 4.78 is 3.61. The fourth-order valence-electron chi connectivity index (χ4n) is 4.26. The topological polar surface area (TPSA) is 12.0 Å². The average Bonchev–Trinajstić information content (AvgIpc) is 2.02. The van der Waals surface area contributed by atoms with Crippen molar-refractivity contribution in [1.82, 2.24) is 3.80 Å². The molecule has 0 aromatic heterocycles. The zero-order chi connectivity index (χ0) is 8.18. The molecule has 0 aromatic carbocycles. The van der Waals surface area contributed by atoms with Crippen LogP contribution in [0, 0.1) is 17.8 Å². The Labute approximate surface area is 86.4 Å². The number of rotatable bonds is 1. The Kier molecular flexibility index (Phi) is 1.73. The van der Waals surface area contributed by atoms with Crippen molar-refractivity contribution in [2.45, 2.75) is 44.1 Å². The second-order valence-electron chi connectivity index (χ2n) is 5.32. The maximum atomic E-state index is 3.61. The second-order valence-corrected chi connectivity index (χ2v) is 5.71. The van der Waals surface area contributed by atoms with Gasteiger partial charge in [0.2, 0.25) is 0 Å². The zero-order valence-corrected chi connectivity index (χ0v) is 9.04. The molecule has 1 nitrogen and oxygen atoms in total. The van der Waals surface area contributed by atoms with Gasteiger partial charge in [-0.1, -0.05) is 0 Å². The molecule has 0 spiro atoms. The molecule has 0 unspecified atom stereocenters. The van der Waals surface area contributed by atoms with Crippen LogP contribution in [0.3, 0.4) is 0 Å². The molecule has 0 aromatic rings. The van der Waals surface area contributed by atoms with Crippen LogP contribution in [0.2, 0.25) is 0 Å². The van der Waals surface area contributed by atoms with Gasteiger partial charge in [-0.15, -0.1) is 0 Å². The third-order valence-electron chi connectivity index (χ3n) is 4.30. The molecule has 1 N–H and O–H groups in total. The first-order valence-electron chi connectivity index (χ1n) is 5.23. The van der Waals surface area contributed by atoms with E-state index in [9.17, 15) is 0 Å². The van der Waals surface area contributed by atoms with Gasteiger partial charge in [-0.3, -0.25) is 0 Å². The first kappa shape index (κ1) is 8.02. The van der Waals surface area contributed by atoms with E-state index < -0.39 is 0 Å². The van der Waals surface area contributed by atoms with E-state index in [4.69, 9.17) is 0 Å². The van der Waals surface area contributed by atoms with Gasteiger partial charge in [0.1, 0.15) is 0 Å². The zero-order valence-electron chi connectivity index (χ0n) is 7.47. The normalized spacial score (nSPS) is 56.1. The van der Waals surface area contributed by atoms with Gasteiger partial charge in [0.15, 0.2) is 0 Å². The Morgan fingerprint density at radius 2 is 1.33 bits per heavy atom. The van der Waals surface area contributed by atoms with Gasteiger partial charge in [-0.2, -0.15) is 0 Å². The van der Waals surface area contributed by atoms with Crippen molar-refractivity contribution in [3.05, 3.63) is 0 Å². The van der Waals surface area contributed by atoms with Crippen LogP contribution >= 0.6 is 0 Å². The summed E-state index contributed by atoms with van der Waals surface area (Å²) in [4.78, 5) is 0. The molecule has 0 amide bonds. The monoisotopic (exact) mass is 198 g/mol. The van der Waals surface area contributed by atoms with E-state index in [0.29, 0.717) is 5.54 Å². The van der Waals surface area contributed by atoms with E-state index in [1.165, 1.54) is 19.3 Å². The van der Waals surface area contributed by atoms with Crippen molar-refractivity contribution < 1.29 is 20.7 Å². The van der Waals surface area contributed by atoms with Crippen LogP contribution in [-0.2, 0) is 20.7 Å². The SMILES string of the molecule is [Ti][NH]C12CC3CC(CC(C3)C1)C2. The van der Waals surface area contributed by atoms with Crippen LogP contribution in [0.4, 0.5) is 0 Å². The van der Waals surface area contributed by atoms with Crippen molar-refractivity contribution in [3.63, 3.8) is 0 Å². The van der Waals surface area contributed by atoms with Gasteiger partial charge in [-0.25, -0.2) is 0 Å². The summed E-state index contributed by atoms with van der Waals surface area (Å²) in [5.74, 6) is 3.26. The van der Waals surface area contributed by atoms with Gasteiger partial charge >= 0.3 is 86.3 Å². The van der Waals surface area contributed by atoms with E-state index in [0.717, 1.165) is 17.8 Å². The minimum absolute atomic E-state index is 0.592. The van der Waals surface area contributed by atoms with Gasteiger partial charge in [0.05, 0.1) is 0 Å². The second kappa shape index (κ2) is 2.59. The molecule has 4 aliphatic rings. The minimum atomic E-state index is 0.592. The quantitative estimate of drug-likeness (QED) is 0.635. The predicted molar refractivity (Wildman–Crippen MR) is 44.0 cm³/mol. The molecule has 0 heterocycles. The maximum absolute atomic E-state index is 3.61. The van der Waals surface area contributed by atoms with E-state index in [1.807, 2.05) is 0 Å². The van der Waals surface area contributed by atoms with E-state index >= 15 is 0 Å². The molecule has 4 bridgehead atoms. The van der Waals surface area contributed by atoms with Crippen molar-refractivity contribution in [1.29, 1.82) is 0 Å². The molecular weight excluding hydrogens is 182 g/mol. The summed E-state index contributed by atoms with van der Waals surface area (Å²) in [6.07, 6.45) is 9.11.